The van der Waals surface area contributed by atoms with Gasteiger partial charge in [-0.15, -0.1) is 0 Å². The molecule has 0 aromatic heterocycles. The highest BCUT2D eigenvalue weighted by molar-refractivity contribution is 5.97. The van der Waals surface area contributed by atoms with Gasteiger partial charge >= 0.3 is 0 Å². The Morgan fingerprint density at radius 1 is 1.39 bits per heavy atom. The third-order valence-electron chi connectivity index (χ3n) is 3.08. The second-order valence-electron chi connectivity index (χ2n) is 4.81. The first-order valence-corrected chi connectivity index (χ1v) is 6.37. The van der Waals surface area contributed by atoms with E-state index in [9.17, 15) is 0 Å². The first-order chi connectivity index (χ1) is 8.58. The molecular weight excluding hydrogens is 226 g/mol. The summed E-state index contributed by atoms with van der Waals surface area (Å²) in [7, 11) is 2.09. The normalized spacial score (nSPS) is 13.4. The maximum atomic E-state index is 8.60. The van der Waals surface area contributed by atoms with Crippen molar-refractivity contribution in [3.8, 4) is 0 Å². The lowest BCUT2D eigenvalue weighted by atomic mass is 10.1. The van der Waals surface area contributed by atoms with Gasteiger partial charge in [-0.25, -0.2) is 0 Å². The van der Waals surface area contributed by atoms with Crippen molar-refractivity contribution in [2.45, 2.75) is 26.7 Å². The Balaban J connectivity index is 2.67. The molecule has 0 saturated carbocycles. The van der Waals surface area contributed by atoms with Crippen molar-refractivity contribution >= 4 is 11.5 Å². The molecular formula is C14H23N3O. The maximum Gasteiger partial charge on any atom is 0.170 e. The molecule has 0 aliphatic rings. The Labute approximate surface area is 109 Å². The quantitative estimate of drug-likeness (QED) is 0.352. The fourth-order valence-corrected chi connectivity index (χ4v) is 2.10. The van der Waals surface area contributed by atoms with E-state index in [1.165, 1.54) is 12.8 Å². The maximum absolute atomic E-state index is 8.60. The van der Waals surface area contributed by atoms with Gasteiger partial charge in [-0.3, -0.25) is 0 Å². The third kappa shape index (κ3) is 3.95. The molecule has 0 spiro atoms. The summed E-state index contributed by atoms with van der Waals surface area (Å²) in [5.74, 6) is 0.826. The predicted octanol–water partition coefficient (Wildman–Crippen LogP) is 2.65. The van der Waals surface area contributed by atoms with Gasteiger partial charge in [0, 0.05) is 24.8 Å². The lowest BCUT2D eigenvalue weighted by molar-refractivity contribution is 0.318. The van der Waals surface area contributed by atoms with Crippen LogP contribution < -0.4 is 10.6 Å². The Morgan fingerprint density at radius 2 is 2.00 bits per heavy atom. The van der Waals surface area contributed by atoms with Crippen molar-refractivity contribution in [2.75, 3.05) is 18.5 Å². The van der Waals surface area contributed by atoms with Crippen molar-refractivity contribution in [2.24, 2.45) is 16.8 Å². The molecule has 4 heteroatoms. The number of hydrogen-bond donors (Lipinski definition) is 2. The van der Waals surface area contributed by atoms with Gasteiger partial charge in [0.1, 0.15) is 0 Å². The molecule has 3 N–H and O–H groups in total. The number of rotatable bonds is 6. The molecule has 1 rings (SSSR count). The average Bonchev–Trinajstić information content (AvgIpc) is 2.38. The SMILES string of the molecule is CCCC(C)CN(C)c1ccc(C(N)=NO)cc1. The van der Waals surface area contributed by atoms with E-state index in [4.69, 9.17) is 10.9 Å². The minimum Gasteiger partial charge on any atom is -0.409 e. The summed E-state index contributed by atoms with van der Waals surface area (Å²) in [5, 5.41) is 11.6. The highest BCUT2D eigenvalue weighted by Gasteiger charge is 2.07. The molecule has 0 heterocycles. The zero-order valence-electron chi connectivity index (χ0n) is 11.4. The summed E-state index contributed by atoms with van der Waals surface area (Å²) in [5.41, 5.74) is 7.41. The van der Waals surface area contributed by atoms with Crippen molar-refractivity contribution in [3.05, 3.63) is 29.8 Å². The fourth-order valence-electron chi connectivity index (χ4n) is 2.10. The summed E-state index contributed by atoms with van der Waals surface area (Å²) in [4.78, 5) is 2.23. The van der Waals surface area contributed by atoms with Crippen molar-refractivity contribution in [1.29, 1.82) is 0 Å². The van der Waals surface area contributed by atoms with Crippen molar-refractivity contribution < 1.29 is 5.21 Å². The Kier molecular flexibility index (Phi) is 5.49. The minimum atomic E-state index is 0.142. The molecule has 0 aliphatic heterocycles. The van der Waals surface area contributed by atoms with Crippen LogP contribution in [-0.4, -0.2) is 24.6 Å². The Bertz CT molecular complexity index is 387. The van der Waals surface area contributed by atoms with Crippen LogP contribution in [0.4, 0.5) is 5.69 Å². The van der Waals surface area contributed by atoms with E-state index in [-0.39, 0.29) is 5.84 Å². The number of amidine groups is 1. The highest BCUT2D eigenvalue weighted by atomic mass is 16.4. The van der Waals surface area contributed by atoms with Gasteiger partial charge < -0.3 is 15.8 Å². The molecule has 0 aliphatic carbocycles. The van der Waals surface area contributed by atoms with Gasteiger partial charge in [0.05, 0.1) is 0 Å². The smallest absolute Gasteiger partial charge is 0.170 e. The van der Waals surface area contributed by atoms with E-state index >= 15 is 0 Å². The van der Waals surface area contributed by atoms with Crippen LogP contribution in [0, 0.1) is 5.92 Å². The highest BCUT2D eigenvalue weighted by Crippen LogP contribution is 2.16. The lowest BCUT2D eigenvalue weighted by Crippen LogP contribution is -2.24. The van der Waals surface area contributed by atoms with Crippen LogP contribution in [0.1, 0.15) is 32.3 Å². The zero-order valence-corrected chi connectivity index (χ0v) is 11.4. The van der Waals surface area contributed by atoms with Crippen LogP contribution in [0.5, 0.6) is 0 Å². The van der Waals surface area contributed by atoms with Crippen LogP contribution in [0.2, 0.25) is 0 Å². The molecule has 1 atom stereocenters. The third-order valence-corrected chi connectivity index (χ3v) is 3.08. The monoisotopic (exact) mass is 249 g/mol. The fraction of sp³-hybridized carbons (Fsp3) is 0.500. The molecule has 4 nitrogen and oxygen atoms in total. The van der Waals surface area contributed by atoms with Crippen LogP contribution in [0.15, 0.2) is 29.4 Å². The predicted molar refractivity (Wildman–Crippen MR) is 76.3 cm³/mol. The molecule has 1 unspecified atom stereocenters. The Hall–Kier alpha value is -1.71. The summed E-state index contributed by atoms with van der Waals surface area (Å²) in [6, 6.07) is 7.72. The molecule has 0 saturated heterocycles. The standard InChI is InChI=1S/C14H23N3O/c1-4-5-11(2)10-17(3)13-8-6-12(7-9-13)14(15)16-18/h6-9,11,18H,4-5,10H2,1-3H3,(H2,15,16). The van der Waals surface area contributed by atoms with Crippen LogP contribution in [-0.2, 0) is 0 Å². The van der Waals surface area contributed by atoms with Crippen LogP contribution >= 0.6 is 0 Å². The van der Waals surface area contributed by atoms with E-state index in [1.807, 2.05) is 24.3 Å². The summed E-state index contributed by atoms with van der Waals surface area (Å²) in [6.45, 7) is 5.52. The van der Waals surface area contributed by atoms with E-state index in [0.717, 1.165) is 17.8 Å². The van der Waals surface area contributed by atoms with Gasteiger partial charge in [0.25, 0.3) is 0 Å². The summed E-state index contributed by atoms with van der Waals surface area (Å²) in [6.07, 6.45) is 2.46. The summed E-state index contributed by atoms with van der Waals surface area (Å²) >= 11 is 0. The molecule has 1 aromatic rings. The lowest BCUT2D eigenvalue weighted by Gasteiger charge is -2.23. The molecule has 18 heavy (non-hydrogen) atoms. The van der Waals surface area contributed by atoms with E-state index in [2.05, 4.69) is 31.0 Å². The second kappa shape index (κ2) is 6.89. The molecule has 0 fully saturated rings. The van der Waals surface area contributed by atoms with E-state index in [1.54, 1.807) is 0 Å². The van der Waals surface area contributed by atoms with E-state index in [0.29, 0.717) is 5.92 Å². The number of nitrogens with two attached hydrogens (primary N) is 1. The minimum absolute atomic E-state index is 0.142. The molecule has 0 bridgehead atoms. The largest absolute Gasteiger partial charge is 0.409 e. The van der Waals surface area contributed by atoms with Crippen LogP contribution in [0.3, 0.4) is 0 Å². The van der Waals surface area contributed by atoms with E-state index < -0.39 is 0 Å². The van der Waals surface area contributed by atoms with Gasteiger partial charge in [-0.1, -0.05) is 25.4 Å². The van der Waals surface area contributed by atoms with Crippen LogP contribution in [0.25, 0.3) is 0 Å². The number of benzene rings is 1. The number of oxime groups is 1. The second-order valence-corrected chi connectivity index (χ2v) is 4.81. The number of nitrogens with zero attached hydrogens (tertiary/aromatic N) is 2. The Morgan fingerprint density at radius 3 is 2.50 bits per heavy atom. The molecule has 100 valence electrons. The van der Waals surface area contributed by atoms with Gasteiger partial charge in [0.2, 0.25) is 0 Å². The molecule has 1 aromatic carbocycles. The van der Waals surface area contributed by atoms with Gasteiger partial charge in [-0.2, -0.15) is 0 Å². The van der Waals surface area contributed by atoms with Gasteiger partial charge in [-0.05, 0) is 36.6 Å². The first-order valence-electron chi connectivity index (χ1n) is 6.37. The summed E-state index contributed by atoms with van der Waals surface area (Å²) < 4.78 is 0. The molecule has 0 amide bonds. The number of anilines is 1. The zero-order chi connectivity index (χ0) is 13.5. The van der Waals surface area contributed by atoms with Crippen molar-refractivity contribution in [3.63, 3.8) is 0 Å². The van der Waals surface area contributed by atoms with Crippen molar-refractivity contribution in [1.82, 2.24) is 0 Å². The average molecular weight is 249 g/mol. The number of hydrogen-bond acceptors (Lipinski definition) is 3. The van der Waals surface area contributed by atoms with Gasteiger partial charge in [0.15, 0.2) is 5.84 Å². The molecule has 0 radical (unpaired) electrons. The topological polar surface area (TPSA) is 61.8 Å². The first kappa shape index (κ1) is 14.4.